The van der Waals surface area contributed by atoms with Gasteiger partial charge in [0.05, 0.1) is 27.8 Å². The largest absolute Gasteiger partial charge is 0.453 e. The molecular weight excluding hydrogens is 693 g/mol. The van der Waals surface area contributed by atoms with Crippen LogP contribution in [0, 0.1) is 0 Å². The van der Waals surface area contributed by atoms with Gasteiger partial charge in [0, 0.05) is 33.3 Å². The molecule has 266 valence electrons. The van der Waals surface area contributed by atoms with Crippen molar-refractivity contribution < 1.29 is 4.74 Å². The molecule has 0 atom stereocenters. The summed E-state index contributed by atoms with van der Waals surface area (Å²) < 4.78 is 11.5. The Bertz CT molecular complexity index is 3300. The molecule has 3 nitrogen and oxygen atoms in total. The molecule has 0 fully saturated rings. The van der Waals surface area contributed by atoms with Crippen LogP contribution in [0.15, 0.2) is 206 Å². The van der Waals surface area contributed by atoms with Gasteiger partial charge in [-0.15, -0.1) is 0 Å². The van der Waals surface area contributed by atoms with Crippen molar-refractivity contribution in [3.05, 3.63) is 206 Å². The second-order valence-corrected chi connectivity index (χ2v) is 14.9. The van der Waals surface area contributed by atoms with Crippen molar-refractivity contribution in [3.8, 4) is 67.4 Å². The molecule has 3 heterocycles. The molecule has 0 spiro atoms. The van der Waals surface area contributed by atoms with Crippen LogP contribution in [0.25, 0.3) is 99.5 Å². The smallest absolute Gasteiger partial charge is 0.154 e. The van der Waals surface area contributed by atoms with Gasteiger partial charge in [0.15, 0.2) is 11.5 Å². The maximum absolute atomic E-state index is 6.75. The molecule has 3 heteroatoms. The molecular formula is C54H34N2O. The molecule has 0 saturated carbocycles. The highest BCUT2D eigenvalue weighted by Gasteiger charge is 2.28. The van der Waals surface area contributed by atoms with Gasteiger partial charge in [0.1, 0.15) is 0 Å². The standard InChI is InChI=1S/C54H34N2O/c1-3-14-35(15-4-1)40-30-41(36-16-5-2-6-17-36)32-42(31-40)38-28-26-37(27-29-38)39-18-13-19-43(33-39)55-46-22-9-7-20-44(46)52-49(55)34-51-54-53(52)45-21-8-10-23-47(45)56(54)48-24-11-12-25-50(48)57-51/h1-34H. The summed E-state index contributed by atoms with van der Waals surface area (Å²) in [6.45, 7) is 0. The molecule has 11 aromatic rings. The number of rotatable bonds is 5. The Morgan fingerprint density at radius 3 is 1.47 bits per heavy atom. The van der Waals surface area contributed by atoms with Crippen molar-refractivity contribution in [2.75, 3.05) is 0 Å². The van der Waals surface area contributed by atoms with E-state index >= 15 is 0 Å². The summed E-state index contributed by atoms with van der Waals surface area (Å²) in [7, 11) is 0. The maximum atomic E-state index is 6.75. The maximum Gasteiger partial charge on any atom is 0.154 e. The van der Waals surface area contributed by atoms with Crippen LogP contribution in [-0.2, 0) is 0 Å². The molecule has 0 unspecified atom stereocenters. The second kappa shape index (κ2) is 12.5. The van der Waals surface area contributed by atoms with Gasteiger partial charge in [-0.3, -0.25) is 0 Å². The highest BCUT2D eigenvalue weighted by atomic mass is 16.5. The predicted octanol–water partition coefficient (Wildman–Crippen LogP) is 14.7. The summed E-state index contributed by atoms with van der Waals surface area (Å²) in [5, 5.41) is 4.91. The number of hydrogen-bond acceptors (Lipinski definition) is 1. The molecule has 0 N–H and O–H groups in total. The average molecular weight is 727 g/mol. The van der Waals surface area contributed by atoms with E-state index in [0.717, 1.165) is 39.5 Å². The molecule has 0 aliphatic carbocycles. The molecule has 0 bridgehead atoms. The minimum absolute atomic E-state index is 0.864. The van der Waals surface area contributed by atoms with E-state index in [-0.39, 0.29) is 0 Å². The van der Waals surface area contributed by atoms with Gasteiger partial charge >= 0.3 is 0 Å². The summed E-state index contributed by atoms with van der Waals surface area (Å²) in [6.07, 6.45) is 0. The lowest BCUT2D eigenvalue weighted by atomic mass is 9.92. The van der Waals surface area contributed by atoms with E-state index in [0.29, 0.717) is 0 Å². The zero-order valence-electron chi connectivity index (χ0n) is 30.9. The van der Waals surface area contributed by atoms with Gasteiger partial charge in [-0.05, 0) is 99.1 Å². The lowest BCUT2D eigenvalue weighted by molar-refractivity contribution is 0.477. The van der Waals surface area contributed by atoms with Crippen LogP contribution >= 0.6 is 0 Å². The summed E-state index contributed by atoms with van der Waals surface area (Å²) in [5.41, 5.74) is 16.3. The average Bonchev–Trinajstić information content (AvgIpc) is 3.81. The summed E-state index contributed by atoms with van der Waals surface area (Å²) >= 11 is 0. The topological polar surface area (TPSA) is 19.1 Å². The number of fused-ring (bicyclic) bond motifs is 9. The fraction of sp³-hybridized carbons (Fsp3) is 0. The van der Waals surface area contributed by atoms with Gasteiger partial charge in [-0.25, -0.2) is 0 Å². The summed E-state index contributed by atoms with van der Waals surface area (Å²) in [4.78, 5) is 0. The van der Waals surface area contributed by atoms with Gasteiger partial charge in [-0.2, -0.15) is 0 Å². The van der Waals surface area contributed by atoms with Gasteiger partial charge in [0.25, 0.3) is 0 Å². The zero-order chi connectivity index (χ0) is 37.5. The Morgan fingerprint density at radius 2 is 0.807 bits per heavy atom. The second-order valence-electron chi connectivity index (χ2n) is 14.9. The van der Waals surface area contributed by atoms with Crippen LogP contribution in [0.3, 0.4) is 0 Å². The molecule has 0 amide bonds. The predicted molar refractivity (Wildman–Crippen MR) is 237 cm³/mol. The van der Waals surface area contributed by atoms with E-state index < -0.39 is 0 Å². The number of hydrogen-bond donors (Lipinski definition) is 0. The van der Waals surface area contributed by atoms with E-state index in [1.54, 1.807) is 0 Å². The number of benzene rings is 9. The van der Waals surface area contributed by atoms with Crippen molar-refractivity contribution in [2.45, 2.75) is 0 Å². The third kappa shape index (κ3) is 4.92. The van der Waals surface area contributed by atoms with E-state index in [9.17, 15) is 0 Å². The van der Waals surface area contributed by atoms with E-state index in [1.807, 2.05) is 6.07 Å². The Morgan fingerprint density at radius 1 is 0.298 bits per heavy atom. The van der Waals surface area contributed by atoms with E-state index in [2.05, 4.69) is 209 Å². The Balaban J connectivity index is 1.00. The van der Waals surface area contributed by atoms with Crippen molar-refractivity contribution in [3.63, 3.8) is 0 Å². The van der Waals surface area contributed by atoms with Crippen LogP contribution in [-0.4, -0.2) is 9.13 Å². The first-order valence-corrected chi connectivity index (χ1v) is 19.5. The SMILES string of the molecule is c1ccc(-c2cc(-c3ccccc3)cc(-c3ccc(-c4cccc(-n5c6ccccc6c6c7c8ccccc8n8c7c(cc65)Oc5ccccc5-8)c4)cc3)c2)cc1. The summed E-state index contributed by atoms with van der Waals surface area (Å²) in [5.74, 6) is 1.73. The third-order valence-corrected chi connectivity index (χ3v) is 11.7. The first-order chi connectivity index (χ1) is 28.3. The Kier molecular flexibility index (Phi) is 6.93. The Hall–Kier alpha value is -7.62. The third-order valence-electron chi connectivity index (χ3n) is 11.7. The molecule has 1 aliphatic heterocycles. The fourth-order valence-corrected chi connectivity index (χ4v) is 9.10. The minimum Gasteiger partial charge on any atom is -0.453 e. The van der Waals surface area contributed by atoms with E-state index in [1.165, 1.54) is 71.5 Å². The van der Waals surface area contributed by atoms with Crippen LogP contribution in [0.1, 0.15) is 0 Å². The van der Waals surface area contributed by atoms with Crippen molar-refractivity contribution in [2.24, 2.45) is 0 Å². The highest BCUT2D eigenvalue weighted by molar-refractivity contribution is 6.30. The summed E-state index contributed by atoms with van der Waals surface area (Å²) in [6, 6.07) is 74.3. The molecule has 12 rings (SSSR count). The molecule has 9 aromatic carbocycles. The zero-order valence-corrected chi connectivity index (χ0v) is 30.9. The van der Waals surface area contributed by atoms with Gasteiger partial charge in [-0.1, -0.05) is 146 Å². The van der Waals surface area contributed by atoms with Crippen LogP contribution < -0.4 is 4.74 Å². The molecule has 0 saturated heterocycles. The first-order valence-electron chi connectivity index (χ1n) is 19.5. The molecule has 0 radical (unpaired) electrons. The van der Waals surface area contributed by atoms with Crippen molar-refractivity contribution in [1.82, 2.24) is 9.13 Å². The van der Waals surface area contributed by atoms with Gasteiger partial charge in [0.2, 0.25) is 0 Å². The number of nitrogens with zero attached hydrogens (tertiary/aromatic N) is 2. The molecule has 2 aromatic heterocycles. The molecule has 1 aliphatic rings. The lowest BCUT2D eigenvalue weighted by Crippen LogP contribution is -2.04. The van der Waals surface area contributed by atoms with Crippen molar-refractivity contribution >= 4 is 43.6 Å². The number of aromatic nitrogens is 2. The fourth-order valence-electron chi connectivity index (χ4n) is 9.10. The lowest BCUT2D eigenvalue weighted by Gasteiger charge is -2.21. The normalized spacial score (nSPS) is 12.0. The van der Waals surface area contributed by atoms with Crippen LogP contribution in [0.2, 0.25) is 0 Å². The molecule has 57 heavy (non-hydrogen) atoms. The van der Waals surface area contributed by atoms with E-state index in [4.69, 9.17) is 4.74 Å². The monoisotopic (exact) mass is 726 g/mol. The van der Waals surface area contributed by atoms with Gasteiger partial charge < -0.3 is 13.9 Å². The number of para-hydroxylation sites is 4. The quantitative estimate of drug-likeness (QED) is 0.173. The van der Waals surface area contributed by atoms with Crippen molar-refractivity contribution in [1.29, 1.82) is 0 Å². The number of ether oxygens (including phenoxy) is 1. The first kappa shape index (κ1) is 31.7. The minimum atomic E-state index is 0.864. The Labute approximate surface area is 329 Å². The van der Waals surface area contributed by atoms with Crippen LogP contribution in [0.5, 0.6) is 11.5 Å². The van der Waals surface area contributed by atoms with Crippen LogP contribution in [0.4, 0.5) is 0 Å². The highest BCUT2D eigenvalue weighted by Crippen LogP contribution is 2.50.